The van der Waals surface area contributed by atoms with E-state index in [4.69, 9.17) is 10.5 Å². The van der Waals surface area contributed by atoms with Crippen LogP contribution in [0.3, 0.4) is 0 Å². The number of carboxylic acids is 1. The average molecular weight is 610 g/mol. The van der Waals surface area contributed by atoms with Crippen LogP contribution in [0.25, 0.3) is 6.08 Å². The van der Waals surface area contributed by atoms with Gasteiger partial charge in [0.2, 0.25) is 17.7 Å². The van der Waals surface area contributed by atoms with Crippen molar-refractivity contribution in [3.05, 3.63) is 72.1 Å². The Kier molecular flexibility index (Phi) is 14.7. The van der Waals surface area contributed by atoms with E-state index in [-0.39, 0.29) is 25.2 Å². The van der Waals surface area contributed by atoms with Gasteiger partial charge in [0.1, 0.15) is 17.7 Å². The Morgan fingerprint density at radius 2 is 1.66 bits per heavy atom. The number of hydrogen-bond acceptors (Lipinski definition) is 8. The molecule has 0 bridgehead atoms. The molecule has 0 fully saturated rings. The molecule has 44 heavy (non-hydrogen) atoms. The molecule has 3 unspecified atom stereocenters. The summed E-state index contributed by atoms with van der Waals surface area (Å²) in [4.78, 5) is 66.3. The molecule has 6 N–H and O–H groups in total. The molecule has 238 valence electrons. The second-order valence-corrected chi connectivity index (χ2v) is 11.3. The number of hydrogen-bond donors (Lipinski definition) is 5. The molecule has 1 heterocycles. The van der Waals surface area contributed by atoms with Gasteiger partial charge in [0.25, 0.3) is 0 Å². The highest BCUT2D eigenvalue weighted by Gasteiger charge is 2.31. The van der Waals surface area contributed by atoms with Crippen LogP contribution in [0.5, 0.6) is 0 Å². The molecule has 1 aromatic carbocycles. The van der Waals surface area contributed by atoms with Gasteiger partial charge in [-0.05, 0) is 69.7 Å². The molecule has 3 atom stereocenters. The molecule has 0 saturated carbocycles. The Hall–Kier alpha value is -4.58. The van der Waals surface area contributed by atoms with Crippen LogP contribution in [0.2, 0.25) is 0 Å². The summed E-state index contributed by atoms with van der Waals surface area (Å²) in [5.41, 5.74) is 6.83. The molecule has 12 nitrogen and oxygen atoms in total. The Morgan fingerprint density at radius 1 is 0.955 bits per heavy atom. The molecule has 2 aromatic rings. The van der Waals surface area contributed by atoms with Gasteiger partial charge in [-0.15, -0.1) is 0 Å². The van der Waals surface area contributed by atoms with E-state index in [1.807, 2.05) is 12.1 Å². The number of ether oxygens (including phenoxy) is 1. The minimum atomic E-state index is -1.24. The van der Waals surface area contributed by atoms with Crippen LogP contribution >= 0.6 is 0 Å². The van der Waals surface area contributed by atoms with Crippen molar-refractivity contribution in [1.29, 1.82) is 0 Å². The predicted molar refractivity (Wildman–Crippen MR) is 165 cm³/mol. The first-order valence-corrected chi connectivity index (χ1v) is 14.5. The molecule has 12 heteroatoms. The fourth-order valence-electron chi connectivity index (χ4n) is 4.04. The molecule has 2 rings (SSSR count). The van der Waals surface area contributed by atoms with Crippen LogP contribution in [-0.2, 0) is 35.1 Å². The number of benzene rings is 1. The van der Waals surface area contributed by atoms with Crippen molar-refractivity contribution in [3.63, 3.8) is 0 Å². The molecule has 0 saturated heterocycles. The topological polar surface area (TPSA) is 190 Å². The first-order valence-electron chi connectivity index (χ1n) is 14.5. The van der Waals surface area contributed by atoms with Crippen molar-refractivity contribution in [2.45, 2.75) is 83.0 Å². The maximum atomic E-state index is 13.3. The molecular weight excluding hydrogens is 566 g/mol. The lowest BCUT2D eigenvalue weighted by molar-refractivity contribution is -0.158. The van der Waals surface area contributed by atoms with Crippen LogP contribution in [0.15, 0.2) is 60.9 Å². The van der Waals surface area contributed by atoms with Crippen LogP contribution in [-0.4, -0.2) is 70.0 Å². The third-order valence-corrected chi connectivity index (χ3v) is 6.26. The van der Waals surface area contributed by atoms with Crippen molar-refractivity contribution in [2.24, 2.45) is 5.73 Å². The van der Waals surface area contributed by atoms with Gasteiger partial charge in [0.05, 0.1) is 6.04 Å². The largest absolute Gasteiger partial charge is 0.481 e. The van der Waals surface area contributed by atoms with Gasteiger partial charge >= 0.3 is 11.9 Å². The maximum Gasteiger partial charge on any atom is 0.329 e. The SMILES string of the molecule is CC(C)(C)OC(=O)C(Cc1ccccc1)NC(=O)C(CCC(=O)O)NC(=O)C(N)CCCCNC(=O)/C=C/c1cccnc1. The summed E-state index contributed by atoms with van der Waals surface area (Å²) in [5.74, 6) is -3.42. The number of carbonyl (C=O) groups excluding carboxylic acids is 4. The number of esters is 1. The summed E-state index contributed by atoms with van der Waals surface area (Å²) < 4.78 is 5.50. The third-order valence-electron chi connectivity index (χ3n) is 6.26. The van der Waals surface area contributed by atoms with Crippen molar-refractivity contribution in [1.82, 2.24) is 20.9 Å². The van der Waals surface area contributed by atoms with Crippen LogP contribution in [0.1, 0.15) is 64.0 Å². The smallest absolute Gasteiger partial charge is 0.329 e. The van der Waals surface area contributed by atoms with Gasteiger partial charge < -0.3 is 31.5 Å². The average Bonchev–Trinajstić information content (AvgIpc) is 2.97. The van der Waals surface area contributed by atoms with Crippen molar-refractivity contribution < 1.29 is 33.8 Å². The number of nitrogens with two attached hydrogens (primary N) is 1. The van der Waals surface area contributed by atoms with E-state index in [9.17, 15) is 29.1 Å². The van der Waals surface area contributed by atoms with Gasteiger partial charge in [0, 0.05) is 37.9 Å². The number of aliphatic carboxylic acids is 1. The van der Waals surface area contributed by atoms with Gasteiger partial charge in [-0.3, -0.25) is 24.2 Å². The Morgan fingerprint density at radius 3 is 2.30 bits per heavy atom. The lowest BCUT2D eigenvalue weighted by Gasteiger charge is -2.27. The summed E-state index contributed by atoms with van der Waals surface area (Å²) in [7, 11) is 0. The summed E-state index contributed by atoms with van der Waals surface area (Å²) >= 11 is 0. The van der Waals surface area contributed by atoms with Gasteiger partial charge in [0.15, 0.2) is 0 Å². The predicted octanol–water partition coefficient (Wildman–Crippen LogP) is 2.13. The van der Waals surface area contributed by atoms with Crippen LogP contribution < -0.4 is 21.7 Å². The van der Waals surface area contributed by atoms with Gasteiger partial charge in [-0.25, -0.2) is 4.79 Å². The number of rotatable bonds is 17. The van der Waals surface area contributed by atoms with E-state index < -0.39 is 53.9 Å². The standard InChI is InChI=1S/C32H43N5O7/c1-32(2,3)44-31(43)26(20-22-10-5-4-6-11-22)37-30(42)25(15-17-28(39)40)36-29(41)24(33)13-7-8-19-35-27(38)16-14-23-12-9-18-34-21-23/h4-6,9-12,14,16,18,21,24-26H,7-8,13,15,17,19-20,33H2,1-3H3,(H,35,38)(H,36,41)(H,37,42)(H,39,40)/b16-14+. The highest BCUT2D eigenvalue weighted by Crippen LogP contribution is 2.12. The minimum Gasteiger partial charge on any atom is -0.481 e. The van der Waals surface area contributed by atoms with Crippen LogP contribution in [0.4, 0.5) is 0 Å². The number of pyridine rings is 1. The second kappa shape index (κ2) is 18.2. The van der Waals surface area contributed by atoms with Crippen molar-refractivity contribution in [3.8, 4) is 0 Å². The van der Waals surface area contributed by atoms with Crippen LogP contribution in [0, 0.1) is 0 Å². The Balaban J connectivity index is 1.93. The zero-order valence-corrected chi connectivity index (χ0v) is 25.5. The maximum absolute atomic E-state index is 13.3. The molecule has 3 amide bonds. The lowest BCUT2D eigenvalue weighted by Crippen LogP contribution is -2.55. The fraction of sp³-hybridized carbons (Fsp3) is 0.438. The van der Waals surface area contributed by atoms with Crippen molar-refractivity contribution in [2.75, 3.05) is 6.54 Å². The number of carboxylic acid groups (broad SMARTS) is 1. The normalized spacial score (nSPS) is 13.4. The molecule has 0 radical (unpaired) electrons. The monoisotopic (exact) mass is 609 g/mol. The van der Waals surface area contributed by atoms with E-state index in [2.05, 4.69) is 20.9 Å². The Labute approximate surface area is 257 Å². The molecule has 0 aliphatic heterocycles. The quantitative estimate of drug-likeness (QED) is 0.102. The number of amides is 3. The number of nitrogens with one attached hydrogen (secondary N) is 3. The summed E-state index contributed by atoms with van der Waals surface area (Å²) in [5, 5.41) is 17.1. The van der Waals surface area contributed by atoms with E-state index in [0.717, 1.165) is 11.1 Å². The number of aromatic nitrogens is 1. The van der Waals surface area contributed by atoms with E-state index in [0.29, 0.717) is 19.4 Å². The number of carbonyl (C=O) groups is 5. The Bertz CT molecular complexity index is 1260. The van der Waals surface area contributed by atoms with E-state index in [1.165, 1.54) is 6.08 Å². The minimum absolute atomic E-state index is 0.135. The zero-order valence-electron chi connectivity index (χ0n) is 25.5. The highest BCUT2D eigenvalue weighted by molar-refractivity contribution is 5.92. The highest BCUT2D eigenvalue weighted by atomic mass is 16.6. The summed E-state index contributed by atoms with van der Waals surface area (Å²) in [6.45, 7) is 5.50. The lowest BCUT2D eigenvalue weighted by atomic mass is 10.0. The number of unbranched alkanes of at least 4 members (excludes halogenated alkanes) is 1. The fourth-order valence-corrected chi connectivity index (χ4v) is 4.04. The second-order valence-electron chi connectivity index (χ2n) is 11.3. The molecule has 0 spiro atoms. The van der Waals surface area contributed by atoms with Gasteiger partial charge in [-0.1, -0.05) is 36.4 Å². The number of nitrogens with zero attached hydrogens (tertiary/aromatic N) is 1. The molecule has 0 aliphatic carbocycles. The van der Waals surface area contributed by atoms with Gasteiger partial charge in [-0.2, -0.15) is 0 Å². The van der Waals surface area contributed by atoms with E-state index in [1.54, 1.807) is 69.6 Å². The summed E-state index contributed by atoms with van der Waals surface area (Å²) in [6.07, 6.45) is 7.23. The molecule has 0 aliphatic rings. The summed E-state index contributed by atoms with van der Waals surface area (Å²) in [6, 6.07) is 9.34. The zero-order chi connectivity index (χ0) is 32.5. The first kappa shape index (κ1) is 35.6. The van der Waals surface area contributed by atoms with Crippen molar-refractivity contribution >= 4 is 35.7 Å². The van der Waals surface area contributed by atoms with E-state index >= 15 is 0 Å². The first-order chi connectivity index (χ1) is 20.8. The molecular formula is C32H43N5O7. The third kappa shape index (κ3) is 14.5. The molecule has 1 aromatic heterocycles.